The van der Waals surface area contributed by atoms with E-state index in [2.05, 4.69) is 33.4 Å². The highest BCUT2D eigenvalue weighted by molar-refractivity contribution is 5.89. The minimum Gasteiger partial charge on any atom is -0.497 e. The summed E-state index contributed by atoms with van der Waals surface area (Å²) in [4.78, 5) is 26.5. The molecule has 1 aromatic heterocycles. The molecule has 1 fully saturated rings. The van der Waals surface area contributed by atoms with Crippen molar-refractivity contribution in [3.05, 3.63) is 76.7 Å². The standard InChI is InChI=1S/C27H30N6O2/c1-19-25(17-21-8-10-24(35-3)11-9-21)26(30-20(2)29-19)32-12-5-13-33(15-14-32)27(34)31-23-7-4-6-22(16-23)18-28/h4,6-11,16H,5,12-15,17H2,1-3H3,(H,31,34). The Morgan fingerprint density at radius 2 is 1.89 bits per heavy atom. The Balaban J connectivity index is 1.49. The number of carbonyl (C=O) groups is 1. The second kappa shape index (κ2) is 10.9. The number of hydrogen-bond donors (Lipinski definition) is 1. The van der Waals surface area contributed by atoms with E-state index in [-0.39, 0.29) is 6.03 Å². The maximum atomic E-state index is 12.9. The molecule has 0 bridgehead atoms. The third kappa shape index (κ3) is 5.87. The summed E-state index contributed by atoms with van der Waals surface area (Å²) in [5.41, 5.74) is 4.38. The number of nitrogens with one attached hydrogen (secondary N) is 1. The van der Waals surface area contributed by atoms with Crippen LogP contribution in [-0.4, -0.2) is 54.2 Å². The highest BCUT2D eigenvalue weighted by Crippen LogP contribution is 2.26. The van der Waals surface area contributed by atoms with Crippen molar-refractivity contribution in [3.8, 4) is 11.8 Å². The van der Waals surface area contributed by atoms with Crippen LogP contribution in [0, 0.1) is 25.2 Å². The Morgan fingerprint density at radius 1 is 1.09 bits per heavy atom. The van der Waals surface area contributed by atoms with Crippen molar-refractivity contribution in [3.63, 3.8) is 0 Å². The van der Waals surface area contributed by atoms with Crippen LogP contribution < -0.4 is 15.0 Å². The number of hydrogen-bond acceptors (Lipinski definition) is 6. The monoisotopic (exact) mass is 470 g/mol. The van der Waals surface area contributed by atoms with Gasteiger partial charge in [-0.3, -0.25) is 0 Å². The Morgan fingerprint density at radius 3 is 2.63 bits per heavy atom. The number of carbonyl (C=O) groups excluding carboxylic acids is 1. The maximum Gasteiger partial charge on any atom is 0.321 e. The number of urea groups is 1. The zero-order valence-corrected chi connectivity index (χ0v) is 20.4. The lowest BCUT2D eigenvalue weighted by molar-refractivity contribution is 0.215. The van der Waals surface area contributed by atoms with Gasteiger partial charge in [0.15, 0.2) is 0 Å². The Kier molecular flexibility index (Phi) is 7.46. The molecular formula is C27H30N6O2. The van der Waals surface area contributed by atoms with Crippen molar-refractivity contribution in [2.45, 2.75) is 26.7 Å². The van der Waals surface area contributed by atoms with Crippen LogP contribution >= 0.6 is 0 Å². The average molecular weight is 471 g/mol. The van der Waals surface area contributed by atoms with Gasteiger partial charge < -0.3 is 19.9 Å². The predicted molar refractivity (Wildman–Crippen MR) is 136 cm³/mol. The van der Waals surface area contributed by atoms with Gasteiger partial charge >= 0.3 is 6.03 Å². The average Bonchev–Trinajstić information content (AvgIpc) is 3.12. The third-order valence-electron chi connectivity index (χ3n) is 6.17. The summed E-state index contributed by atoms with van der Waals surface area (Å²) in [6, 6.07) is 17.0. The first-order valence-corrected chi connectivity index (χ1v) is 11.7. The molecule has 1 N–H and O–H groups in total. The van der Waals surface area contributed by atoms with Gasteiger partial charge in [0.05, 0.1) is 18.7 Å². The van der Waals surface area contributed by atoms with Gasteiger partial charge in [-0.2, -0.15) is 5.26 Å². The number of nitriles is 1. The van der Waals surface area contributed by atoms with Crippen molar-refractivity contribution in [2.75, 3.05) is 43.5 Å². The van der Waals surface area contributed by atoms with Gasteiger partial charge in [-0.25, -0.2) is 14.8 Å². The van der Waals surface area contributed by atoms with Crippen LogP contribution in [0.5, 0.6) is 5.75 Å². The van der Waals surface area contributed by atoms with Crippen molar-refractivity contribution in [2.24, 2.45) is 0 Å². The number of anilines is 2. The number of rotatable bonds is 5. The molecule has 1 aliphatic rings. The van der Waals surface area contributed by atoms with Gasteiger partial charge in [-0.05, 0) is 56.2 Å². The van der Waals surface area contributed by atoms with Gasteiger partial charge in [0.25, 0.3) is 0 Å². The molecule has 0 saturated carbocycles. The van der Waals surface area contributed by atoms with Gasteiger partial charge in [-0.15, -0.1) is 0 Å². The number of aryl methyl sites for hydroxylation is 2. The molecule has 8 nitrogen and oxygen atoms in total. The lowest BCUT2D eigenvalue weighted by Crippen LogP contribution is -2.38. The summed E-state index contributed by atoms with van der Waals surface area (Å²) >= 11 is 0. The van der Waals surface area contributed by atoms with Crippen LogP contribution in [0.3, 0.4) is 0 Å². The van der Waals surface area contributed by atoms with E-state index >= 15 is 0 Å². The summed E-state index contributed by atoms with van der Waals surface area (Å²) < 4.78 is 5.29. The lowest BCUT2D eigenvalue weighted by Gasteiger charge is -2.26. The number of benzene rings is 2. The first kappa shape index (κ1) is 24.0. The topological polar surface area (TPSA) is 94.4 Å². The van der Waals surface area contributed by atoms with E-state index in [0.29, 0.717) is 30.9 Å². The molecule has 35 heavy (non-hydrogen) atoms. The summed E-state index contributed by atoms with van der Waals surface area (Å²) in [6.45, 7) is 6.66. The molecular weight excluding hydrogens is 440 g/mol. The number of aromatic nitrogens is 2. The minimum atomic E-state index is -0.157. The molecule has 0 radical (unpaired) electrons. The van der Waals surface area contributed by atoms with Crippen LogP contribution in [0.2, 0.25) is 0 Å². The van der Waals surface area contributed by atoms with Crippen LogP contribution in [0.1, 0.15) is 34.6 Å². The van der Waals surface area contributed by atoms with Gasteiger partial charge in [0, 0.05) is 49.5 Å². The van der Waals surface area contributed by atoms with E-state index in [1.54, 1.807) is 31.4 Å². The van der Waals surface area contributed by atoms with Crippen molar-refractivity contribution >= 4 is 17.5 Å². The Labute approximate surface area is 206 Å². The Bertz CT molecular complexity index is 1240. The molecule has 3 aromatic rings. The normalized spacial score (nSPS) is 13.7. The van der Waals surface area contributed by atoms with Gasteiger partial charge in [0.2, 0.25) is 0 Å². The van der Waals surface area contributed by atoms with Gasteiger partial charge in [-0.1, -0.05) is 18.2 Å². The molecule has 4 rings (SSSR count). The lowest BCUT2D eigenvalue weighted by atomic mass is 10.0. The molecule has 1 aliphatic heterocycles. The zero-order valence-electron chi connectivity index (χ0n) is 20.4. The highest BCUT2D eigenvalue weighted by Gasteiger charge is 2.23. The molecule has 2 aromatic carbocycles. The fourth-order valence-corrected chi connectivity index (χ4v) is 4.34. The van der Waals surface area contributed by atoms with E-state index in [1.807, 2.05) is 30.9 Å². The van der Waals surface area contributed by atoms with Crippen molar-refractivity contribution in [1.29, 1.82) is 5.26 Å². The summed E-state index contributed by atoms with van der Waals surface area (Å²) in [7, 11) is 1.66. The van der Waals surface area contributed by atoms with Crippen LogP contribution in [0.4, 0.5) is 16.3 Å². The maximum absolute atomic E-state index is 12.9. The molecule has 0 atom stereocenters. The first-order valence-electron chi connectivity index (χ1n) is 11.7. The molecule has 0 unspecified atom stereocenters. The zero-order chi connectivity index (χ0) is 24.8. The first-order chi connectivity index (χ1) is 17.0. The molecule has 0 aliphatic carbocycles. The number of nitrogens with zero attached hydrogens (tertiary/aromatic N) is 5. The minimum absolute atomic E-state index is 0.157. The van der Waals surface area contributed by atoms with Crippen molar-refractivity contribution < 1.29 is 9.53 Å². The second-order valence-corrected chi connectivity index (χ2v) is 8.63. The molecule has 8 heteroatoms. The second-order valence-electron chi connectivity index (χ2n) is 8.63. The SMILES string of the molecule is COc1ccc(Cc2c(C)nc(C)nc2N2CCCN(C(=O)Nc3cccc(C#N)c3)CC2)cc1. The summed E-state index contributed by atoms with van der Waals surface area (Å²) in [5, 5.41) is 12.0. The summed E-state index contributed by atoms with van der Waals surface area (Å²) in [6.07, 6.45) is 1.55. The number of ether oxygens (including phenoxy) is 1. The van der Waals surface area contributed by atoms with E-state index in [4.69, 9.17) is 15.0 Å². The number of amides is 2. The molecule has 0 spiro atoms. The fraction of sp³-hybridized carbons (Fsp3) is 0.333. The predicted octanol–water partition coefficient (Wildman–Crippen LogP) is 4.31. The highest BCUT2D eigenvalue weighted by atomic mass is 16.5. The number of methoxy groups -OCH3 is 1. The largest absolute Gasteiger partial charge is 0.497 e. The molecule has 2 heterocycles. The van der Waals surface area contributed by atoms with E-state index < -0.39 is 0 Å². The molecule has 2 amide bonds. The molecule has 1 saturated heterocycles. The van der Waals surface area contributed by atoms with E-state index in [9.17, 15) is 4.79 Å². The van der Waals surface area contributed by atoms with Crippen LogP contribution in [-0.2, 0) is 6.42 Å². The van der Waals surface area contributed by atoms with E-state index in [1.165, 1.54) is 0 Å². The third-order valence-corrected chi connectivity index (χ3v) is 6.17. The fourth-order valence-electron chi connectivity index (χ4n) is 4.34. The molecule has 180 valence electrons. The van der Waals surface area contributed by atoms with Gasteiger partial charge in [0.1, 0.15) is 17.4 Å². The smallest absolute Gasteiger partial charge is 0.321 e. The van der Waals surface area contributed by atoms with E-state index in [0.717, 1.165) is 53.6 Å². The quantitative estimate of drug-likeness (QED) is 0.597. The summed E-state index contributed by atoms with van der Waals surface area (Å²) in [5.74, 6) is 2.51. The van der Waals surface area contributed by atoms with Crippen LogP contribution in [0.15, 0.2) is 48.5 Å². The van der Waals surface area contributed by atoms with Crippen LogP contribution in [0.25, 0.3) is 0 Å². The Hall–Kier alpha value is -4.12. The van der Waals surface area contributed by atoms with Crippen molar-refractivity contribution in [1.82, 2.24) is 14.9 Å².